The van der Waals surface area contributed by atoms with E-state index in [1.54, 1.807) is 17.8 Å². The van der Waals surface area contributed by atoms with Crippen LogP contribution in [0.4, 0.5) is 5.69 Å². The summed E-state index contributed by atoms with van der Waals surface area (Å²) in [5.41, 5.74) is 6.21. The largest absolute Gasteiger partial charge is 0.398 e. The number of thioether (sulfide) groups is 1. The first-order valence-electron chi connectivity index (χ1n) is 4.77. The van der Waals surface area contributed by atoms with Gasteiger partial charge in [0, 0.05) is 23.2 Å². The average Bonchev–Trinajstić information content (AvgIpc) is 2.59. The van der Waals surface area contributed by atoms with Crippen molar-refractivity contribution in [3.05, 3.63) is 23.2 Å². The molecule has 2 rings (SSSR count). The van der Waals surface area contributed by atoms with Crippen LogP contribution in [0.25, 0.3) is 0 Å². The molecule has 1 heterocycles. The lowest BCUT2D eigenvalue weighted by atomic mass is 10.3. The van der Waals surface area contributed by atoms with Gasteiger partial charge in [0.15, 0.2) is 0 Å². The summed E-state index contributed by atoms with van der Waals surface area (Å²) in [4.78, 5) is 1.04. The van der Waals surface area contributed by atoms with Gasteiger partial charge < -0.3 is 16.2 Å². The molecule has 1 fully saturated rings. The summed E-state index contributed by atoms with van der Waals surface area (Å²) in [6, 6.07) is 5.56. The minimum absolute atomic E-state index is 0.199. The normalized spacial score (nSPS) is 25.7. The van der Waals surface area contributed by atoms with Crippen molar-refractivity contribution in [3.8, 4) is 0 Å². The predicted octanol–water partition coefficient (Wildman–Crippen LogP) is 1.35. The highest BCUT2D eigenvalue weighted by molar-refractivity contribution is 8.00. The summed E-state index contributed by atoms with van der Waals surface area (Å²) in [5, 5.41) is 13.5. The lowest BCUT2D eigenvalue weighted by Crippen LogP contribution is -2.19. The molecule has 0 amide bonds. The maximum Gasteiger partial charge on any atom is 0.0798 e. The number of rotatable bonds is 2. The van der Waals surface area contributed by atoms with Gasteiger partial charge in [-0.2, -0.15) is 0 Å². The maximum atomic E-state index is 9.63. The van der Waals surface area contributed by atoms with Crippen LogP contribution in [0.2, 0.25) is 5.02 Å². The third-order valence-corrected chi connectivity index (χ3v) is 4.02. The van der Waals surface area contributed by atoms with Gasteiger partial charge in [-0.3, -0.25) is 0 Å². The first kappa shape index (κ1) is 11.1. The molecule has 15 heavy (non-hydrogen) atoms. The van der Waals surface area contributed by atoms with E-state index < -0.39 is 0 Å². The summed E-state index contributed by atoms with van der Waals surface area (Å²) in [5.74, 6) is 0. The highest BCUT2D eigenvalue weighted by Gasteiger charge is 2.25. The van der Waals surface area contributed by atoms with Crippen LogP contribution in [0.15, 0.2) is 23.1 Å². The van der Waals surface area contributed by atoms with Crippen LogP contribution in [-0.4, -0.2) is 29.5 Å². The van der Waals surface area contributed by atoms with E-state index in [1.165, 1.54) is 0 Å². The molecule has 4 N–H and O–H groups in total. The quantitative estimate of drug-likeness (QED) is 0.688. The van der Waals surface area contributed by atoms with Crippen molar-refractivity contribution in [2.45, 2.75) is 16.2 Å². The third kappa shape index (κ3) is 2.58. The highest BCUT2D eigenvalue weighted by Crippen LogP contribution is 2.31. The number of anilines is 1. The molecule has 1 aromatic rings. The number of nitrogen functional groups attached to an aromatic ring is 1. The number of halogens is 1. The van der Waals surface area contributed by atoms with E-state index in [4.69, 9.17) is 17.3 Å². The van der Waals surface area contributed by atoms with E-state index in [2.05, 4.69) is 5.32 Å². The zero-order chi connectivity index (χ0) is 10.8. The molecule has 0 radical (unpaired) electrons. The summed E-state index contributed by atoms with van der Waals surface area (Å²) < 4.78 is 0. The Morgan fingerprint density at radius 2 is 2.27 bits per heavy atom. The highest BCUT2D eigenvalue weighted by atomic mass is 35.5. The van der Waals surface area contributed by atoms with Crippen LogP contribution in [-0.2, 0) is 0 Å². The molecule has 3 nitrogen and oxygen atoms in total. The summed E-state index contributed by atoms with van der Waals surface area (Å²) >= 11 is 7.55. The summed E-state index contributed by atoms with van der Waals surface area (Å²) in [7, 11) is 0. The fraction of sp³-hybridized carbons (Fsp3) is 0.400. The Balaban J connectivity index is 2.07. The van der Waals surface area contributed by atoms with Crippen molar-refractivity contribution >= 4 is 29.1 Å². The first-order valence-corrected chi connectivity index (χ1v) is 6.03. The van der Waals surface area contributed by atoms with Crippen LogP contribution in [0, 0.1) is 0 Å². The Morgan fingerprint density at radius 3 is 2.87 bits per heavy atom. The fourth-order valence-electron chi connectivity index (χ4n) is 1.52. The standard InChI is InChI=1S/C10H13ClN2OS/c11-7-3-6(1-2-8(7)12)15-10-5-13-4-9(10)14/h1-3,9-10,13-14H,4-5,12H2. The number of hydrogen-bond donors (Lipinski definition) is 3. The van der Waals surface area contributed by atoms with Gasteiger partial charge in [0.05, 0.1) is 16.8 Å². The Bertz CT molecular complexity index is 361. The topological polar surface area (TPSA) is 58.3 Å². The van der Waals surface area contributed by atoms with Gasteiger partial charge in [0.2, 0.25) is 0 Å². The second-order valence-corrected chi connectivity index (χ2v) is 5.29. The van der Waals surface area contributed by atoms with Gasteiger partial charge in [-0.05, 0) is 18.2 Å². The molecular weight excluding hydrogens is 232 g/mol. The Hall–Kier alpha value is -0.420. The average molecular weight is 245 g/mol. The van der Waals surface area contributed by atoms with E-state index in [0.717, 1.165) is 11.4 Å². The number of aliphatic hydroxyl groups is 1. The van der Waals surface area contributed by atoms with Crippen molar-refractivity contribution in [2.75, 3.05) is 18.8 Å². The first-order chi connectivity index (χ1) is 7.16. The van der Waals surface area contributed by atoms with E-state index >= 15 is 0 Å². The molecule has 1 saturated heterocycles. The number of β-amino-alcohol motifs (C(OH)–C–C–N with tert-alkyl or cyclic N) is 1. The molecule has 0 bridgehead atoms. The molecule has 0 aliphatic carbocycles. The lowest BCUT2D eigenvalue weighted by Gasteiger charge is -2.13. The number of benzene rings is 1. The van der Waals surface area contributed by atoms with Crippen LogP contribution in [0.5, 0.6) is 0 Å². The van der Waals surface area contributed by atoms with Crippen molar-refractivity contribution < 1.29 is 5.11 Å². The van der Waals surface area contributed by atoms with Crippen LogP contribution in [0.1, 0.15) is 0 Å². The number of nitrogens with one attached hydrogen (secondary N) is 1. The molecular formula is C10H13ClN2OS. The van der Waals surface area contributed by atoms with Crippen molar-refractivity contribution in [3.63, 3.8) is 0 Å². The zero-order valence-electron chi connectivity index (χ0n) is 8.11. The molecule has 2 atom stereocenters. The number of hydrogen-bond acceptors (Lipinski definition) is 4. The molecule has 1 aliphatic rings. The molecule has 0 spiro atoms. The van der Waals surface area contributed by atoms with Crippen LogP contribution >= 0.6 is 23.4 Å². The van der Waals surface area contributed by atoms with Gasteiger partial charge in [-0.15, -0.1) is 11.8 Å². The van der Waals surface area contributed by atoms with Gasteiger partial charge in [-0.1, -0.05) is 11.6 Å². The summed E-state index contributed by atoms with van der Waals surface area (Å²) in [6.45, 7) is 1.49. The lowest BCUT2D eigenvalue weighted by molar-refractivity contribution is 0.201. The zero-order valence-corrected chi connectivity index (χ0v) is 9.68. The molecule has 1 aromatic carbocycles. The van der Waals surface area contributed by atoms with Crippen molar-refractivity contribution in [1.82, 2.24) is 5.32 Å². The number of nitrogens with two attached hydrogens (primary N) is 1. The second kappa shape index (κ2) is 4.61. The smallest absolute Gasteiger partial charge is 0.0798 e. The number of aliphatic hydroxyl groups excluding tert-OH is 1. The molecule has 82 valence electrons. The van der Waals surface area contributed by atoms with E-state index in [9.17, 15) is 5.11 Å². The van der Waals surface area contributed by atoms with E-state index in [0.29, 0.717) is 17.3 Å². The summed E-state index contributed by atoms with van der Waals surface area (Å²) in [6.07, 6.45) is -0.286. The molecule has 5 heteroatoms. The molecule has 0 aromatic heterocycles. The molecule has 2 unspecified atom stereocenters. The van der Waals surface area contributed by atoms with Gasteiger partial charge in [0.1, 0.15) is 0 Å². The SMILES string of the molecule is Nc1ccc(SC2CNCC2O)cc1Cl. The van der Waals surface area contributed by atoms with Crippen molar-refractivity contribution in [2.24, 2.45) is 0 Å². The maximum absolute atomic E-state index is 9.63. The third-order valence-electron chi connectivity index (χ3n) is 2.39. The minimum atomic E-state index is -0.286. The Morgan fingerprint density at radius 1 is 1.47 bits per heavy atom. The van der Waals surface area contributed by atoms with Crippen LogP contribution < -0.4 is 11.1 Å². The minimum Gasteiger partial charge on any atom is -0.398 e. The molecule has 0 saturated carbocycles. The monoisotopic (exact) mass is 244 g/mol. The van der Waals surface area contributed by atoms with Crippen molar-refractivity contribution in [1.29, 1.82) is 0 Å². The van der Waals surface area contributed by atoms with Gasteiger partial charge in [0.25, 0.3) is 0 Å². The fourth-order valence-corrected chi connectivity index (χ4v) is 2.90. The van der Waals surface area contributed by atoms with Crippen LogP contribution in [0.3, 0.4) is 0 Å². The van der Waals surface area contributed by atoms with Gasteiger partial charge >= 0.3 is 0 Å². The Kier molecular flexibility index (Phi) is 3.41. The van der Waals surface area contributed by atoms with Gasteiger partial charge in [-0.25, -0.2) is 0 Å². The van der Waals surface area contributed by atoms with E-state index in [-0.39, 0.29) is 11.4 Å². The van der Waals surface area contributed by atoms with E-state index in [1.807, 2.05) is 12.1 Å². The predicted molar refractivity (Wildman–Crippen MR) is 64.4 cm³/mol. The molecule has 1 aliphatic heterocycles. The Labute approximate surface area is 98.0 Å². The second-order valence-electron chi connectivity index (χ2n) is 3.57.